The van der Waals surface area contributed by atoms with E-state index in [4.69, 9.17) is 18.9 Å². The molecular weight excluding hydrogens is 340 g/mol. The Kier molecular flexibility index (Phi) is 6.03. The number of aromatic hydroxyl groups is 1. The van der Waals surface area contributed by atoms with Crippen molar-refractivity contribution in [3.63, 3.8) is 0 Å². The van der Waals surface area contributed by atoms with Crippen LogP contribution in [-0.2, 0) is 9.47 Å². The third-order valence-electron chi connectivity index (χ3n) is 3.78. The van der Waals surface area contributed by atoms with Gasteiger partial charge in [0.15, 0.2) is 17.8 Å². The van der Waals surface area contributed by atoms with Gasteiger partial charge >= 0.3 is 5.97 Å². The summed E-state index contributed by atoms with van der Waals surface area (Å²) in [5, 5.41) is 48.0. The summed E-state index contributed by atoms with van der Waals surface area (Å²) in [6.07, 6.45) is -7.85. The third-order valence-corrected chi connectivity index (χ3v) is 3.78. The van der Waals surface area contributed by atoms with Gasteiger partial charge in [0.05, 0.1) is 19.8 Å². The lowest BCUT2D eigenvalue weighted by Crippen LogP contribution is -2.58. The highest BCUT2D eigenvalue weighted by Gasteiger charge is 2.43. The number of phenols is 1. The highest BCUT2D eigenvalue weighted by atomic mass is 16.6. The SMILES string of the molecule is COc1cc(C(=O)OC[C@H]2O[C@@H](O)[C@H](O)[C@@H](O)[C@@H]2O)cc(OC)c1O. The second kappa shape index (κ2) is 7.85. The molecule has 2 rings (SSSR count). The Morgan fingerprint density at radius 2 is 1.60 bits per heavy atom. The van der Waals surface area contributed by atoms with Gasteiger partial charge in [-0.3, -0.25) is 0 Å². The van der Waals surface area contributed by atoms with Gasteiger partial charge in [-0.2, -0.15) is 0 Å². The summed E-state index contributed by atoms with van der Waals surface area (Å²) in [6.45, 7) is -0.494. The zero-order valence-electron chi connectivity index (χ0n) is 13.5. The Balaban J connectivity index is 2.08. The van der Waals surface area contributed by atoms with Crippen LogP contribution in [0.15, 0.2) is 12.1 Å². The van der Waals surface area contributed by atoms with E-state index in [2.05, 4.69) is 0 Å². The molecule has 0 spiro atoms. The number of phenolic OH excluding ortho intramolecular Hbond substituents is 1. The number of benzene rings is 1. The minimum Gasteiger partial charge on any atom is -0.502 e. The molecule has 1 aliphatic heterocycles. The van der Waals surface area contributed by atoms with Crippen LogP contribution in [-0.4, -0.2) is 83.0 Å². The van der Waals surface area contributed by atoms with Crippen molar-refractivity contribution in [1.29, 1.82) is 0 Å². The maximum atomic E-state index is 12.1. The van der Waals surface area contributed by atoms with Crippen LogP contribution >= 0.6 is 0 Å². The predicted molar refractivity (Wildman–Crippen MR) is 80.4 cm³/mol. The predicted octanol–water partition coefficient (Wildman–Crippen LogP) is -1.63. The van der Waals surface area contributed by atoms with E-state index in [0.717, 1.165) is 0 Å². The molecule has 0 aromatic heterocycles. The monoisotopic (exact) mass is 360 g/mol. The summed E-state index contributed by atoms with van der Waals surface area (Å²) in [7, 11) is 2.59. The summed E-state index contributed by atoms with van der Waals surface area (Å²) in [5.74, 6) is -1.14. The standard InChI is InChI=1S/C15H20O10/c1-22-7-3-6(4-8(23-2)10(7)16)14(20)24-5-9-11(17)12(18)13(19)15(21)25-9/h3-4,9,11-13,15-19,21H,5H2,1-2H3/t9-,11-,12+,13-,15-/m1/s1. The zero-order chi connectivity index (χ0) is 18.7. The van der Waals surface area contributed by atoms with Gasteiger partial charge in [0, 0.05) is 0 Å². The summed E-state index contributed by atoms with van der Waals surface area (Å²) in [6, 6.07) is 2.46. The number of carbonyl (C=O) groups is 1. The summed E-state index contributed by atoms with van der Waals surface area (Å²) >= 11 is 0. The fourth-order valence-corrected chi connectivity index (χ4v) is 2.32. The van der Waals surface area contributed by atoms with Gasteiger partial charge in [0.1, 0.15) is 31.0 Å². The van der Waals surface area contributed by atoms with Gasteiger partial charge in [0.25, 0.3) is 0 Å². The Morgan fingerprint density at radius 1 is 1.04 bits per heavy atom. The second-order valence-electron chi connectivity index (χ2n) is 5.36. The topological polar surface area (TPSA) is 155 Å². The fourth-order valence-electron chi connectivity index (χ4n) is 2.32. The van der Waals surface area contributed by atoms with E-state index in [1.165, 1.54) is 26.4 Å². The number of aliphatic hydroxyl groups is 4. The smallest absolute Gasteiger partial charge is 0.338 e. The normalized spacial score (nSPS) is 29.1. The zero-order valence-corrected chi connectivity index (χ0v) is 13.5. The number of ether oxygens (including phenoxy) is 4. The van der Waals surface area contributed by atoms with Gasteiger partial charge in [-0.25, -0.2) is 4.79 Å². The van der Waals surface area contributed by atoms with Gasteiger partial charge < -0.3 is 44.5 Å². The second-order valence-corrected chi connectivity index (χ2v) is 5.36. The molecule has 5 atom stereocenters. The molecule has 1 saturated heterocycles. The molecule has 0 bridgehead atoms. The van der Waals surface area contributed by atoms with Gasteiger partial charge in [-0.15, -0.1) is 0 Å². The minimum absolute atomic E-state index is 0.00192. The van der Waals surface area contributed by atoms with E-state index in [0.29, 0.717) is 0 Å². The Bertz CT molecular complexity index is 593. The number of carbonyl (C=O) groups excluding carboxylic acids is 1. The quantitative estimate of drug-likeness (QED) is 0.386. The average Bonchev–Trinajstić information content (AvgIpc) is 2.61. The van der Waals surface area contributed by atoms with Crippen molar-refractivity contribution in [2.45, 2.75) is 30.7 Å². The van der Waals surface area contributed by atoms with Crippen LogP contribution in [0.3, 0.4) is 0 Å². The summed E-state index contributed by atoms with van der Waals surface area (Å²) < 4.78 is 19.8. The molecule has 1 aromatic rings. The van der Waals surface area contributed by atoms with Crippen molar-refractivity contribution >= 4 is 5.97 Å². The summed E-state index contributed by atoms with van der Waals surface area (Å²) in [5.41, 5.74) is -0.00192. The first-order valence-corrected chi connectivity index (χ1v) is 7.30. The molecule has 1 heterocycles. The molecule has 5 N–H and O–H groups in total. The Morgan fingerprint density at radius 3 is 2.12 bits per heavy atom. The van der Waals surface area contributed by atoms with Crippen LogP contribution in [0.5, 0.6) is 17.2 Å². The summed E-state index contributed by atoms with van der Waals surface area (Å²) in [4.78, 5) is 12.1. The molecule has 1 fully saturated rings. The lowest BCUT2D eigenvalue weighted by molar-refractivity contribution is -0.286. The molecule has 25 heavy (non-hydrogen) atoms. The van der Waals surface area contributed by atoms with E-state index >= 15 is 0 Å². The van der Waals surface area contributed by atoms with Crippen LogP contribution < -0.4 is 9.47 Å². The molecule has 0 aliphatic carbocycles. The number of hydrogen-bond donors (Lipinski definition) is 5. The average molecular weight is 360 g/mol. The first kappa shape index (κ1) is 19.2. The van der Waals surface area contributed by atoms with E-state index in [9.17, 15) is 30.3 Å². The molecule has 10 heteroatoms. The van der Waals surface area contributed by atoms with Crippen LogP contribution in [0.4, 0.5) is 0 Å². The molecule has 140 valence electrons. The molecule has 0 saturated carbocycles. The van der Waals surface area contributed by atoms with Crippen LogP contribution in [0, 0.1) is 0 Å². The molecule has 1 aliphatic rings. The van der Waals surface area contributed by atoms with Crippen molar-refractivity contribution in [1.82, 2.24) is 0 Å². The van der Waals surface area contributed by atoms with Gasteiger partial charge in [0.2, 0.25) is 5.75 Å². The molecule has 10 nitrogen and oxygen atoms in total. The Labute approximate surface area is 142 Å². The van der Waals surface area contributed by atoms with Gasteiger partial charge in [-0.1, -0.05) is 0 Å². The van der Waals surface area contributed by atoms with Crippen LogP contribution in [0.25, 0.3) is 0 Å². The number of hydrogen-bond acceptors (Lipinski definition) is 10. The van der Waals surface area contributed by atoms with E-state index in [1.54, 1.807) is 0 Å². The number of rotatable bonds is 5. The number of aliphatic hydroxyl groups excluding tert-OH is 4. The molecule has 0 unspecified atom stereocenters. The molecule has 0 radical (unpaired) electrons. The lowest BCUT2D eigenvalue weighted by atomic mass is 9.99. The number of methoxy groups -OCH3 is 2. The first-order valence-electron chi connectivity index (χ1n) is 7.30. The van der Waals surface area contributed by atoms with Crippen LogP contribution in [0.2, 0.25) is 0 Å². The van der Waals surface area contributed by atoms with Crippen molar-refractivity contribution in [2.75, 3.05) is 20.8 Å². The van der Waals surface area contributed by atoms with Crippen molar-refractivity contribution in [3.05, 3.63) is 17.7 Å². The molecular formula is C15H20O10. The maximum absolute atomic E-state index is 12.1. The van der Waals surface area contributed by atoms with E-state index in [-0.39, 0.29) is 22.8 Å². The largest absolute Gasteiger partial charge is 0.502 e. The van der Waals surface area contributed by atoms with Crippen molar-refractivity contribution in [2.24, 2.45) is 0 Å². The highest BCUT2D eigenvalue weighted by molar-refractivity contribution is 5.91. The highest BCUT2D eigenvalue weighted by Crippen LogP contribution is 2.37. The number of esters is 1. The van der Waals surface area contributed by atoms with E-state index < -0.39 is 43.3 Å². The lowest BCUT2D eigenvalue weighted by Gasteiger charge is -2.37. The first-order chi connectivity index (χ1) is 11.8. The molecule has 1 aromatic carbocycles. The van der Waals surface area contributed by atoms with Crippen molar-refractivity contribution < 1.29 is 49.3 Å². The molecule has 0 amide bonds. The third kappa shape index (κ3) is 3.94. The maximum Gasteiger partial charge on any atom is 0.338 e. The van der Waals surface area contributed by atoms with E-state index in [1.807, 2.05) is 0 Å². The fraction of sp³-hybridized carbons (Fsp3) is 0.533. The van der Waals surface area contributed by atoms with Gasteiger partial charge in [-0.05, 0) is 12.1 Å². The van der Waals surface area contributed by atoms with Crippen LogP contribution in [0.1, 0.15) is 10.4 Å². The minimum atomic E-state index is -1.73. The Hall–Kier alpha value is -2.11. The van der Waals surface area contributed by atoms with Crippen molar-refractivity contribution in [3.8, 4) is 17.2 Å².